The number of amides is 1. The molecule has 0 saturated heterocycles. The first-order valence-corrected chi connectivity index (χ1v) is 6.26. The van der Waals surface area contributed by atoms with Gasteiger partial charge in [-0.25, -0.2) is 9.07 Å². The molecule has 3 N–H and O–H groups in total. The van der Waals surface area contributed by atoms with Crippen molar-refractivity contribution in [1.29, 1.82) is 0 Å². The molecule has 1 amide bonds. The summed E-state index contributed by atoms with van der Waals surface area (Å²) in [5, 5.41) is 10.7. The molecule has 8 heteroatoms. The number of hydrogen-bond donors (Lipinski definition) is 2. The van der Waals surface area contributed by atoms with Gasteiger partial charge >= 0.3 is 0 Å². The molecule has 0 unspecified atom stereocenters. The second-order valence-electron chi connectivity index (χ2n) is 4.12. The lowest BCUT2D eigenvalue weighted by atomic mass is 10.2. The smallest absolute Gasteiger partial charge is 0.234 e. The minimum Gasteiger partial charge on any atom is -0.349 e. The van der Waals surface area contributed by atoms with E-state index in [4.69, 9.17) is 17.3 Å². The number of nitrogens with two attached hydrogens (primary N) is 1. The van der Waals surface area contributed by atoms with Crippen molar-refractivity contribution in [3.8, 4) is 0 Å². The summed E-state index contributed by atoms with van der Waals surface area (Å²) in [6, 6.07) is 4.45. The summed E-state index contributed by atoms with van der Waals surface area (Å²) in [6.07, 6.45) is 1.63. The van der Waals surface area contributed by atoms with E-state index in [1.807, 2.05) is 0 Å². The molecule has 0 atom stereocenters. The monoisotopic (exact) mass is 297 g/mol. The minimum atomic E-state index is -0.397. The van der Waals surface area contributed by atoms with Crippen molar-refractivity contribution in [3.05, 3.63) is 46.5 Å². The Morgan fingerprint density at radius 1 is 1.50 bits per heavy atom. The lowest BCUT2D eigenvalue weighted by Gasteiger charge is -2.03. The molecule has 1 aromatic carbocycles. The molecule has 0 aliphatic heterocycles. The maximum atomic E-state index is 13.6. The van der Waals surface area contributed by atoms with Gasteiger partial charge in [-0.2, -0.15) is 0 Å². The number of benzene rings is 1. The largest absolute Gasteiger partial charge is 0.349 e. The van der Waals surface area contributed by atoms with Crippen molar-refractivity contribution in [1.82, 2.24) is 20.3 Å². The lowest BCUT2D eigenvalue weighted by molar-refractivity contribution is -0.119. The summed E-state index contributed by atoms with van der Waals surface area (Å²) in [5.41, 5.74) is 6.19. The molecular weight excluding hydrogens is 285 g/mol. The Hall–Kier alpha value is -1.99. The van der Waals surface area contributed by atoms with E-state index in [0.29, 0.717) is 16.3 Å². The Morgan fingerprint density at radius 2 is 2.30 bits per heavy atom. The van der Waals surface area contributed by atoms with Crippen LogP contribution in [-0.2, 0) is 17.9 Å². The Balaban J connectivity index is 2.00. The molecule has 2 aromatic rings. The van der Waals surface area contributed by atoms with Crippen LogP contribution in [-0.4, -0.2) is 27.4 Å². The van der Waals surface area contributed by atoms with Crippen molar-refractivity contribution in [2.24, 2.45) is 5.73 Å². The van der Waals surface area contributed by atoms with Crippen LogP contribution < -0.4 is 11.1 Å². The van der Waals surface area contributed by atoms with Crippen LogP contribution in [0.4, 0.5) is 4.39 Å². The third-order valence-corrected chi connectivity index (χ3v) is 2.82. The molecule has 0 aliphatic rings. The van der Waals surface area contributed by atoms with E-state index < -0.39 is 5.82 Å². The predicted octanol–water partition coefficient (Wildman–Crippen LogP) is 0.694. The number of nitrogens with one attached hydrogen (secondary N) is 1. The van der Waals surface area contributed by atoms with Crippen LogP contribution in [0.5, 0.6) is 0 Å². The van der Waals surface area contributed by atoms with Crippen LogP contribution in [0.2, 0.25) is 5.02 Å². The fourth-order valence-electron chi connectivity index (χ4n) is 1.58. The maximum absolute atomic E-state index is 13.6. The van der Waals surface area contributed by atoms with Crippen molar-refractivity contribution in [2.45, 2.75) is 13.1 Å². The van der Waals surface area contributed by atoms with Gasteiger partial charge in [-0.05, 0) is 12.1 Å². The van der Waals surface area contributed by atoms with Crippen LogP contribution in [0, 0.1) is 5.82 Å². The zero-order chi connectivity index (χ0) is 14.5. The quantitative estimate of drug-likeness (QED) is 0.850. The van der Waals surface area contributed by atoms with E-state index in [1.165, 1.54) is 10.7 Å². The Bertz CT molecular complexity index is 616. The van der Waals surface area contributed by atoms with Gasteiger partial charge in [0, 0.05) is 10.6 Å². The fourth-order valence-corrected chi connectivity index (χ4v) is 1.74. The van der Waals surface area contributed by atoms with E-state index >= 15 is 0 Å². The van der Waals surface area contributed by atoms with Gasteiger partial charge in [0.2, 0.25) is 5.91 Å². The molecular formula is C12H13ClFN5O. The first kappa shape index (κ1) is 14.4. The molecule has 0 spiro atoms. The van der Waals surface area contributed by atoms with Gasteiger partial charge in [0.05, 0.1) is 25.8 Å². The molecule has 0 aliphatic carbocycles. The highest BCUT2D eigenvalue weighted by Gasteiger charge is 2.07. The summed E-state index contributed by atoms with van der Waals surface area (Å²) in [6.45, 7) is 0.393. The topological polar surface area (TPSA) is 85.8 Å². The van der Waals surface area contributed by atoms with Crippen molar-refractivity contribution in [2.75, 3.05) is 6.54 Å². The second-order valence-corrected chi connectivity index (χ2v) is 4.56. The Kier molecular flexibility index (Phi) is 4.65. The highest BCUT2D eigenvalue weighted by Crippen LogP contribution is 2.15. The van der Waals surface area contributed by atoms with Crippen molar-refractivity contribution >= 4 is 17.5 Å². The van der Waals surface area contributed by atoms with Crippen LogP contribution in [0.3, 0.4) is 0 Å². The number of halogens is 2. The van der Waals surface area contributed by atoms with Gasteiger partial charge in [0.25, 0.3) is 0 Å². The SMILES string of the molecule is NCC(=O)NCc1cn(Cc2ccc(Cl)cc2F)nn1. The molecule has 1 heterocycles. The third-order valence-electron chi connectivity index (χ3n) is 2.59. The van der Waals surface area contributed by atoms with Crippen LogP contribution in [0.25, 0.3) is 0 Å². The minimum absolute atomic E-state index is 0.0792. The van der Waals surface area contributed by atoms with Crippen LogP contribution in [0.15, 0.2) is 24.4 Å². The average molecular weight is 298 g/mol. The Labute approximate surface area is 119 Å². The number of nitrogens with zero attached hydrogens (tertiary/aromatic N) is 3. The van der Waals surface area contributed by atoms with E-state index in [9.17, 15) is 9.18 Å². The van der Waals surface area contributed by atoms with Gasteiger partial charge in [-0.1, -0.05) is 22.9 Å². The molecule has 6 nitrogen and oxygen atoms in total. The summed E-state index contributed by atoms with van der Waals surface area (Å²) in [4.78, 5) is 11.0. The normalized spacial score (nSPS) is 10.6. The summed E-state index contributed by atoms with van der Waals surface area (Å²) >= 11 is 5.68. The second kappa shape index (κ2) is 6.44. The molecule has 0 fully saturated rings. The van der Waals surface area contributed by atoms with Gasteiger partial charge in [0.15, 0.2) is 0 Å². The first-order valence-electron chi connectivity index (χ1n) is 5.88. The van der Waals surface area contributed by atoms with Gasteiger partial charge in [0.1, 0.15) is 11.5 Å². The molecule has 0 radical (unpaired) electrons. The van der Waals surface area contributed by atoms with E-state index in [-0.39, 0.29) is 25.5 Å². The van der Waals surface area contributed by atoms with E-state index in [0.717, 1.165) is 0 Å². The summed E-state index contributed by atoms with van der Waals surface area (Å²) in [7, 11) is 0. The summed E-state index contributed by atoms with van der Waals surface area (Å²) in [5.74, 6) is -0.672. The lowest BCUT2D eigenvalue weighted by Crippen LogP contribution is -2.29. The van der Waals surface area contributed by atoms with Gasteiger partial charge in [-0.15, -0.1) is 5.10 Å². The number of carbonyl (C=O) groups is 1. The molecule has 0 bridgehead atoms. The molecule has 0 saturated carbocycles. The number of hydrogen-bond acceptors (Lipinski definition) is 4. The number of aromatic nitrogens is 3. The fraction of sp³-hybridized carbons (Fsp3) is 0.250. The predicted molar refractivity (Wildman–Crippen MR) is 71.4 cm³/mol. The highest BCUT2D eigenvalue weighted by molar-refractivity contribution is 6.30. The highest BCUT2D eigenvalue weighted by atomic mass is 35.5. The van der Waals surface area contributed by atoms with Crippen LogP contribution >= 0.6 is 11.6 Å². The van der Waals surface area contributed by atoms with E-state index in [1.54, 1.807) is 18.3 Å². The number of carbonyl (C=O) groups excluding carboxylic acids is 1. The zero-order valence-electron chi connectivity index (χ0n) is 10.5. The molecule has 2 rings (SSSR count). The van der Waals surface area contributed by atoms with Crippen LogP contribution in [0.1, 0.15) is 11.3 Å². The molecule has 20 heavy (non-hydrogen) atoms. The standard InChI is InChI=1S/C12H13ClFN5O/c13-9-2-1-8(11(14)3-9)6-19-7-10(17-18-19)5-16-12(20)4-15/h1-3,7H,4-6,15H2,(H,16,20). The summed E-state index contributed by atoms with van der Waals surface area (Å²) < 4.78 is 15.1. The first-order chi connectivity index (χ1) is 9.58. The average Bonchev–Trinajstić information content (AvgIpc) is 2.87. The zero-order valence-corrected chi connectivity index (χ0v) is 11.3. The molecule has 106 valence electrons. The maximum Gasteiger partial charge on any atom is 0.234 e. The number of rotatable bonds is 5. The van der Waals surface area contributed by atoms with Crippen molar-refractivity contribution in [3.63, 3.8) is 0 Å². The van der Waals surface area contributed by atoms with Gasteiger partial charge in [-0.3, -0.25) is 4.79 Å². The Morgan fingerprint density at radius 3 is 3.00 bits per heavy atom. The van der Waals surface area contributed by atoms with Gasteiger partial charge < -0.3 is 11.1 Å². The third kappa shape index (κ3) is 3.75. The van der Waals surface area contributed by atoms with Crippen molar-refractivity contribution < 1.29 is 9.18 Å². The van der Waals surface area contributed by atoms with E-state index in [2.05, 4.69) is 15.6 Å². The molecule has 1 aromatic heterocycles.